The smallest absolute Gasteiger partial charge is 0.248 e. The lowest BCUT2D eigenvalue weighted by molar-refractivity contribution is -0.119. The van der Waals surface area contributed by atoms with Crippen molar-refractivity contribution in [2.45, 2.75) is 25.5 Å². The third kappa shape index (κ3) is 3.78. The number of hydrogen-bond acceptors (Lipinski definition) is 5. The Morgan fingerprint density at radius 1 is 1.19 bits per heavy atom. The van der Waals surface area contributed by atoms with Gasteiger partial charge in [-0.3, -0.25) is 15.1 Å². The highest BCUT2D eigenvalue weighted by atomic mass is 16.5. The highest BCUT2D eigenvalue weighted by Gasteiger charge is 2.23. The number of carbonyl (C=O) groups is 1. The topological polar surface area (TPSA) is 81.9 Å². The molecule has 7 nitrogen and oxygen atoms in total. The van der Waals surface area contributed by atoms with E-state index in [0.29, 0.717) is 13.2 Å². The van der Waals surface area contributed by atoms with Crippen molar-refractivity contribution in [3.05, 3.63) is 71.8 Å². The molecule has 4 rings (SSSR count). The summed E-state index contributed by atoms with van der Waals surface area (Å²) in [4.78, 5) is 20.8. The van der Waals surface area contributed by atoms with E-state index in [2.05, 4.69) is 26.4 Å². The number of rotatable bonds is 5. The number of ether oxygens (including phenoxy) is 1. The molecule has 26 heavy (non-hydrogen) atoms. The summed E-state index contributed by atoms with van der Waals surface area (Å²) in [7, 11) is 0. The van der Waals surface area contributed by atoms with Gasteiger partial charge in [0.1, 0.15) is 6.33 Å². The van der Waals surface area contributed by atoms with Gasteiger partial charge in [-0.2, -0.15) is 0 Å². The zero-order chi connectivity index (χ0) is 17.8. The molecule has 1 aromatic carbocycles. The van der Waals surface area contributed by atoms with Gasteiger partial charge in [-0.25, -0.2) is 9.67 Å². The Hall–Kier alpha value is -3.06. The van der Waals surface area contributed by atoms with E-state index in [1.165, 1.54) is 5.56 Å². The Kier molecular flexibility index (Phi) is 4.70. The number of hydrogen-bond donors (Lipinski definition) is 1. The molecule has 1 aliphatic heterocycles. The second-order valence-corrected chi connectivity index (χ2v) is 6.15. The first kappa shape index (κ1) is 16.4. The molecule has 1 aliphatic rings. The first-order valence-corrected chi connectivity index (χ1v) is 8.56. The van der Waals surface area contributed by atoms with Crippen LogP contribution in [0, 0.1) is 0 Å². The van der Waals surface area contributed by atoms with E-state index in [4.69, 9.17) is 4.74 Å². The number of aromatic nitrogens is 4. The Bertz CT molecular complexity index is 894. The van der Waals surface area contributed by atoms with Crippen molar-refractivity contribution in [2.24, 2.45) is 0 Å². The lowest BCUT2D eigenvalue weighted by Gasteiger charge is -2.25. The van der Waals surface area contributed by atoms with Gasteiger partial charge in [0, 0.05) is 6.20 Å². The van der Waals surface area contributed by atoms with Gasteiger partial charge in [-0.05, 0) is 29.7 Å². The minimum Gasteiger partial charge on any atom is -0.373 e. The first-order chi connectivity index (χ1) is 12.8. The zero-order valence-corrected chi connectivity index (χ0v) is 14.2. The largest absolute Gasteiger partial charge is 0.373 e. The summed E-state index contributed by atoms with van der Waals surface area (Å²) < 4.78 is 7.43. The maximum Gasteiger partial charge on any atom is 0.248 e. The van der Waals surface area contributed by atoms with Crippen LogP contribution in [0.1, 0.15) is 29.3 Å². The molecule has 132 valence electrons. The van der Waals surface area contributed by atoms with Crippen molar-refractivity contribution in [1.82, 2.24) is 19.7 Å². The van der Waals surface area contributed by atoms with Crippen molar-refractivity contribution in [1.29, 1.82) is 0 Å². The van der Waals surface area contributed by atoms with Crippen LogP contribution in [0.2, 0.25) is 0 Å². The number of benzene rings is 1. The normalized spacial score (nSPS) is 16.1. The molecule has 3 heterocycles. The van der Waals surface area contributed by atoms with Crippen molar-refractivity contribution in [2.75, 3.05) is 11.9 Å². The summed E-state index contributed by atoms with van der Waals surface area (Å²) in [5.41, 5.74) is 3.21. The minimum absolute atomic E-state index is 0.165. The number of pyridine rings is 1. The average molecular weight is 349 g/mol. The van der Waals surface area contributed by atoms with E-state index in [-0.39, 0.29) is 24.4 Å². The van der Waals surface area contributed by atoms with E-state index in [1.54, 1.807) is 17.2 Å². The SMILES string of the molecule is O=C(C[C@@H]1OCCc2ccccc21)Nc1ncn(Cc2ccccn2)n1. The third-order valence-corrected chi connectivity index (χ3v) is 4.30. The van der Waals surface area contributed by atoms with Crippen LogP contribution >= 0.6 is 0 Å². The summed E-state index contributed by atoms with van der Waals surface area (Å²) in [5.74, 6) is 0.123. The molecule has 0 fully saturated rings. The van der Waals surface area contributed by atoms with Gasteiger partial charge in [-0.15, -0.1) is 5.10 Å². The molecule has 1 amide bonds. The number of anilines is 1. The number of amides is 1. The molecule has 1 atom stereocenters. The van der Waals surface area contributed by atoms with Crippen LogP contribution in [0.25, 0.3) is 0 Å². The molecule has 0 aliphatic carbocycles. The van der Waals surface area contributed by atoms with Crippen LogP contribution in [0.3, 0.4) is 0 Å². The fraction of sp³-hybridized carbons (Fsp3) is 0.263. The van der Waals surface area contributed by atoms with Crippen LogP contribution in [0.15, 0.2) is 55.0 Å². The Morgan fingerprint density at radius 2 is 2.08 bits per heavy atom. The van der Waals surface area contributed by atoms with E-state index in [9.17, 15) is 4.79 Å². The lowest BCUT2D eigenvalue weighted by atomic mass is 9.96. The van der Waals surface area contributed by atoms with Gasteiger partial charge in [0.25, 0.3) is 0 Å². The van der Waals surface area contributed by atoms with Crippen molar-refractivity contribution in [3.8, 4) is 0 Å². The minimum atomic E-state index is -0.226. The standard InChI is InChI=1S/C19H19N5O2/c25-18(11-17-16-7-2-1-5-14(16)8-10-26-17)22-19-21-13-24(23-19)12-15-6-3-4-9-20-15/h1-7,9,13,17H,8,10-12H2,(H,22,23,25)/t17-/m0/s1. The second kappa shape index (κ2) is 7.45. The van der Waals surface area contributed by atoms with Gasteiger partial charge in [0.2, 0.25) is 11.9 Å². The molecule has 0 saturated heterocycles. The molecule has 0 unspecified atom stereocenters. The van der Waals surface area contributed by atoms with Gasteiger partial charge in [0.05, 0.1) is 31.4 Å². The van der Waals surface area contributed by atoms with Crippen LogP contribution < -0.4 is 5.32 Å². The molecule has 0 saturated carbocycles. The Balaban J connectivity index is 1.37. The van der Waals surface area contributed by atoms with Crippen LogP contribution in [0.5, 0.6) is 0 Å². The van der Waals surface area contributed by atoms with Crippen molar-refractivity contribution < 1.29 is 9.53 Å². The Morgan fingerprint density at radius 3 is 2.96 bits per heavy atom. The third-order valence-electron chi connectivity index (χ3n) is 4.30. The molecule has 0 radical (unpaired) electrons. The molecule has 7 heteroatoms. The van der Waals surface area contributed by atoms with Gasteiger partial charge >= 0.3 is 0 Å². The average Bonchev–Trinajstić information content (AvgIpc) is 3.09. The molecule has 1 N–H and O–H groups in total. The molecule has 3 aromatic rings. The van der Waals surface area contributed by atoms with E-state index < -0.39 is 0 Å². The second-order valence-electron chi connectivity index (χ2n) is 6.15. The van der Waals surface area contributed by atoms with Crippen LogP contribution in [0.4, 0.5) is 5.95 Å². The maximum atomic E-state index is 12.4. The summed E-state index contributed by atoms with van der Waals surface area (Å²) in [6.45, 7) is 1.13. The summed E-state index contributed by atoms with van der Waals surface area (Å²) >= 11 is 0. The number of fused-ring (bicyclic) bond motifs is 1. The highest BCUT2D eigenvalue weighted by Crippen LogP contribution is 2.29. The zero-order valence-electron chi connectivity index (χ0n) is 14.2. The predicted molar refractivity (Wildman–Crippen MR) is 95.4 cm³/mol. The van der Waals surface area contributed by atoms with Gasteiger partial charge in [-0.1, -0.05) is 30.3 Å². The summed E-state index contributed by atoms with van der Waals surface area (Å²) in [5, 5.41) is 7.02. The highest BCUT2D eigenvalue weighted by molar-refractivity contribution is 5.89. The summed E-state index contributed by atoms with van der Waals surface area (Å²) in [6.07, 6.45) is 4.21. The molecule has 0 spiro atoms. The van der Waals surface area contributed by atoms with Crippen molar-refractivity contribution in [3.63, 3.8) is 0 Å². The molecule has 2 aromatic heterocycles. The molecular weight excluding hydrogens is 330 g/mol. The first-order valence-electron chi connectivity index (χ1n) is 8.56. The molecule has 0 bridgehead atoms. The molecular formula is C19H19N5O2. The quantitative estimate of drug-likeness (QED) is 0.765. The Labute approximate surface area is 151 Å². The van der Waals surface area contributed by atoms with Crippen molar-refractivity contribution >= 4 is 11.9 Å². The van der Waals surface area contributed by atoms with E-state index in [1.807, 2.05) is 36.4 Å². The van der Waals surface area contributed by atoms with Crippen LogP contribution in [-0.4, -0.2) is 32.3 Å². The van der Waals surface area contributed by atoms with E-state index >= 15 is 0 Å². The van der Waals surface area contributed by atoms with Gasteiger partial charge in [0.15, 0.2) is 0 Å². The summed E-state index contributed by atoms with van der Waals surface area (Å²) in [6, 6.07) is 13.8. The van der Waals surface area contributed by atoms with Crippen LogP contribution in [-0.2, 0) is 22.5 Å². The lowest BCUT2D eigenvalue weighted by Crippen LogP contribution is -2.22. The number of nitrogens with zero attached hydrogens (tertiary/aromatic N) is 4. The monoisotopic (exact) mass is 349 g/mol. The number of carbonyl (C=O) groups excluding carboxylic acids is 1. The van der Waals surface area contributed by atoms with E-state index in [0.717, 1.165) is 17.7 Å². The maximum absolute atomic E-state index is 12.4. The predicted octanol–water partition coefficient (Wildman–Crippen LogP) is 2.36. The fourth-order valence-corrected chi connectivity index (χ4v) is 3.08. The van der Waals surface area contributed by atoms with Gasteiger partial charge < -0.3 is 4.74 Å². The fourth-order valence-electron chi connectivity index (χ4n) is 3.08. The number of nitrogens with one attached hydrogen (secondary N) is 1.